The molecular weight excluding hydrogens is 486 g/mol. The Morgan fingerprint density at radius 3 is 2.30 bits per heavy atom. The lowest BCUT2D eigenvalue weighted by Crippen LogP contribution is -2.54. The van der Waals surface area contributed by atoms with Gasteiger partial charge < -0.3 is 24.3 Å². The Labute approximate surface area is 214 Å². The average Bonchev–Trinajstić information content (AvgIpc) is 3.06. The molecule has 0 spiro atoms. The van der Waals surface area contributed by atoms with E-state index in [2.05, 4.69) is 10.6 Å². The van der Waals surface area contributed by atoms with Crippen LogP contribution in [0.5, 0.6) is 0 Å². The second-order valence-electron chi connectivity index (χ2n) is 9.50. The fourth-order valence-corrected chi connectivity index (χ4v) is 3.81. The van der Waals surface area contributed by atoms with Gasteiger partial charge in [0.15, 0.2) is 0 Å². The summed E-state index contributed by atoms with van der Waals surface area (Å²) in [4.78, 5) is 61.6. The van der Waals surface area contributed by atoms with E-state index < -0.39 is 41.2 Å². The molecule has 2 N–H and O–H groups in total. The first-order valence-corrected chi connectivity index (χ1v) is 12.1. The van der Waals surface area contributed by atoms with E-state index in [1.54, 1.807) is 39.0 Å². The molecule has 0 aliphatic carbocycles. The van der Waals surface area contributed by atoms with Crippen LogP contribution in [0.15, 0.2) is 18.2 Å². The lowest BCUT2D eigenvalue weighted by Gasteiger charge is -2.27. The molecule has 1 saturated heterocycles. The number of amides is 4. The summed E-state index contributed by atoms with van der Waals surface area (Å²) in [5, 5.41) is 5.30. The number of carbonyl (C=O) groups excluding carboxylic acids is 5. The Morgan fingerprint density at radius 1 is 0.973 bits per heavy atom. The molecule has 0 aromatic heterocycles. The minimum absolute atomic E-state index is 0.0730. The van der Waals surface area contributed by atoms with Crippen LogP contribution in [-0.2, 0) is 33.3 Å². The summed E-state index contributed by atoms with van der Waals surface area (Å²) in [6.45, 7) is 7.39. The van der Waals surface area contributed by atoms with E-state index in [0.29, 0.717) is 38.7 Å². The zero-order valence-electron chi connectivity index (χ0n) is 21.3. The monoisotopic (exact) mass is 519 g/mol. The van der Waals surface area contributed by atoms with Gasteiger partial charge in [0.1, 0.15) is 18.2 Å². The lowest BCUT2D eigenvalue weighted by atomic mass is 10.0. The van der Waals surface area contributed by atoms with Crippen LogP contribution in [0.2, 0.25) is 0 Å². The highest BCUT2D eigenvalue weighted by atomic mass is 16.6. The quantitative estimate of drug-likeness (QED) is 0.219. The van der Waals surface area contributed by atoms with Gasteiger partial charge in [-0.2, -0.15) is 0 Å². The Morgan fingerprint density at radius 2 is 1.62 bits per heavy atom. The van der Waals surface area contributed by atoms with Crippen LogP contribution in [0.25, 0.3) is 0 Å². The van der Waals surface area contributed by atoms with E-state index in [1.165, 1.54) is 0 Å². The van der Waals surface area contributed by atoms with Gasteiger partial charge in [0, 0.05) is 18.7 Å². The first-order chi connectivity index (χ1) is 17.6. The molecule has 4 amide bonds. The summed E-state index contributed by atoms with van der Waals surface area (Å²) in [7, 11) is 0. The number of nitrogens with one attached hydrogen (secondary N) is 2. The summed E-state index contributed by atoms with van der Waals surface area (Å²) in [5.41, 5.74) is 0.526. The van der Waals surface area contributed by atoms with E-state index in [-0.39, 0.29) is 37.2 Å². The number of fused-ring (bicyclic) bond motifs is 1. The topological polar surface area (TPSA) is 150 Å². The summed E-state index contributed by atoms with van der Waals surface area (Å²) >= 11 is 0. The maximum absolute atomic E-state index is 12.9. The molecule has 1 unspecified atom stereocenters. The molecule has 1 aromatic rings. The molecule has 37 heavy (non-hydrogen) atoms. The van der Waals surface area contributed by atoms with Crippen molar-refractivity contribution in [3.05, 3.63) is 29.3 Å². The number of benzene rings is 1. The number of carbonyl (C=O) groups is 5. The van der Waals surface area contributed by atoms with Crippen molar-refractivity contribution in [2.45, 2.75) is 45.3 Å². The first kappa shape index (κ1) is 28.2. The average molecular weight is 520 g/mol. The fourth-order valence-electron chi connectivity index (χ4n) is 3.81. The summed E-state index contributed by atoms with van der Waals surface area (Å²) in [5.74, 6) is -2.57. The standard InChI is InChI=1S/C25H33N3O9/c1-25(2,3)37-21(30)15-36-13-12-35-11-10-34-9-8-26-16-4-5-17-18(14-16)24(33)28(23(17)32)19-6-7-20(29)27-22(19)31/h4-5,14,19,26H,6-13,15H2,1-3H3,(H,27,29,31). The molecule has 2 heterocycles. The normalized spacial score (nSPS) is 17.6. The lowest BCUT2D eigenvalue weighted by molar-refractivity contribution is -0.160. The third-order valence-corrected chi connectivity index (χ3v) is 5.40. The van der Waals surface area contributed by atoms with Gasteiger partial charge in [0.05, 0.1) is 44.2 Å². The van der Waals surface area contributed by atoms with Crippen molar-refractivity contribution in [3.8, 4) is 0 Å². The van der Waals surface area contributed by atoms with Crippen LogP contribution in [-0.4, -0.2) is 92.3 Å². The van der Waals surface area contributed by atoms with Crippen molar-refractivity contribution in [1.29, 1.82) is 0 Å². The predicted molar refractivity (Wildman–Crippen MR) is 130 cm³/mol. The zero-order chi connectivity index (χ0) is 27.0. The van der Waals surface area contributed by atoms with Crippen molar-refractivity contribution in [2.24, 2.45) is 0 Å². The van der Waals surface area contributed by atoms with Crippen molar-refractivity contribution in [3.63, 3.8) is 0 Å². The van der Waals surface area contributed by atoms with Gasteiger partial charge in [-0.15, -0.1) is 0 Å². The van der Waals surface area contributed by atoms with E-state index in [0.717, 1.165) is 4.90 Å². The van der Waals surface area contributed by atoms with Gasteiger partial charge in [0.25, 0.3) is 11.8 Å². The Bertz CT molecular complexity index is 1030. The van der Waals surface area contributed by atoms with Crippen LogP contribution in [0.1, 0.15) is 54.3 Å². The highest BCUT2D eigenvalue weighted by molar-refractivity contribution is 6.23. The molecule has 0 bridgehead atoms. The van der Waals surface area contributed by atoms with Crippen molar-refractivity contribution < 1.29 is 42.9 Å². The molecule has 0 saturated carbocycles. The molecule has 1 atom stereocenters. The second kappa shape index (κ2) is 12.7. The van der Waals surface area contributed by atoms with Crippen LogP contribution < -0.4 is 10.6 Å². The summed E-state index contributed by atoms with van der Waals surface area (Å²) in [6.07, 6.45) is 0.185. The third-order valence-electron chi connectivity index (χ3n) is 5.40. The van der Waals surface area contributed by atoms with Gasteiger partial charge in [-0.3, -0.25) is 29.4 Å². The predicted octanol–water partition coefficient (Wildman–Crippen LogP) is 0.891. The minimum atomic E-state index is -0.992. The Kier molecular flexibility index (Phi) is 9.73. The number of nitrogens with zero attached hydrogens (tertiary/aromatic N) is 1. The molecule has 2 aliphatic heterocycles. The van der Waals surface area contributed by atoms with E-state index in [4.69, 9.17) is 18.9 Å². The van der Waals surface area contributed by atoms with Crippen LogP contribution in [0.4, 0.5) is 5.69 Å². The molecule has 202 valence electrons. The maximum Gasteiger partial charge on any atom is 0.332 e. The first-order valence-electron chi connectivity index (χ1n) is 12.1. The molecule has 3 rings (SSSR count). The third kappa shape index (κ3) is 8.07. The fraction of sp³-hybridized carbons (Fsp3) is 0.560. The number of piperidine rings is 1. The number of rotatable bonds is 13. The van der Waals surface area contributed by atoms with Gasteiger partial charge >= 0.3 is 5.97 Å². The molecule has 2 aliphatic rings. The van der Waals surface area contributed by atoms with Crippen molar-refractivity contribution >= 4 is 35.3 Å². The zero-order valence-corrected chi connectivity index (χ0v) is 21.3. The molecule has 1 fully saturated rings. The minimum Gasteiger partial charge on any atom is -0.458 e. The molecule has 0 radical (unpaired) electrons. The van der Waals surface area contributed by atoms with Gasteiger partial charge in [-0.1, -0.05) is 0 Å². The highest BCUT2D eigenvalue weighted by Gasteiger charge is 2.44. The van der Waals surface area contributed by atoms with Gasteiger partial charge in [0.2, 0.25) is 11.8 Å². The van der Waals surface area contributed by atoms with Gasteiger partial charge in [-0.25, -0.2) is 4.79 Å². The molecule has 1 aromatic carbocycles. The number of hydrogen-bond donors (Lipinski definition) is 2. The number of ether oxygens (including phenoxy) is 4. The number of esters is 1. The van der Waals surface area contributed by atoms with Crippen LogP contribution in [0, 0.1) is 0 Å². The van der Waals surface area contributed by atoms with Crippen LogP contribution >= 0.6 is 0 Å². The number of imide groups is 2. The maximum atomic E-state index is 12.9. The van der Waals surface area contributed by atoms with E-state index in [1.807, 2.05) is 0 Å². The smallest absolute Gasteiger partial charge is 0.332 e. The summed E-state index contributed by atoms with van der Waals surface area (Å²) in [6, 6.07) is 3.80. The SMILES string of the molecule is CC(C)(C)OC(=O)COCCOCCOCCNc1ccc2c(c1)C(=O)N(C1CCC(=O)NC1=O)C2=O. The highest BCUT2D eigenvalue weighted by Crippen LogP contribution is 2.29. The molecule has 12 nitrogen and oxygen atoms in total. The van der Waals surface area contributed by atoms with Crippen LogP contribution in [0.3, 0.4) is 0 Å². The number of anilines is 1. The second-order valence-corrected chi connectivity index (χ2v) is 9.50. The number of hydrogen-bond acceptors (Lipinski definition) is 10. The van der Waals surface area contributed by atoms with Crippen molar-refractivity contribution in [1.82, 2.24) is 10.2 Å². The molecular formula is C25H33N3O9. The van der Waals surface area contributed by atoms with Gasteiger partial charge in [-0.05, 0) is 45.4 Å². The Balaban J connectivity index is 1.30. The van der Waals surface area contributed by atoms with Crippen molar-refractivity contribution in [2.75, 3.05) is 51.5 Å². The Hall–Kier alpha value is -3.35. The summed E-state index contributed by atoms with van der Waals surface area (Å²) < 4.78 is 21.2. The van der Waals surface area contributed by atoms with E-state index >= 15 is 0 Å². The molecule has 12 heteroatoms. The largest absolute Gasteiger partial charge is 0.458 e. The van der Waals surface area contributed by atoms with E-state index in [9.17, 15) is 24.0 Å².